The second-order valence-corrected chi connectivity index (χ2v) is 3.05. The molecule has 2 N–H and O–H groups in total. The molecule has 2 nitrogen and oxygen atoms in total. The van der Waals surface area contributed by atoms with Gasteiger partial charge in [0.2, 0.25) is 0 Å². The summed E-state index contributed by atoms with van der Waals surface area (Å²) in [5.41, 5.74) is 1.29. The molecule has 1 aromatic rings. The van der Waals surface area contributed by atoms with Gasteiger partial charge in [0.25, 0.3) is 0 Å². The van der Waals surface area contributed by atoms with E-state index in [0.717, 1.165) is 6.42 Å². The van der Waals surface area contributed by atoms with Gasteiger partial charge in [0.15, 0.2) is 0 Å². The SMILES string of the molecule is CC[C@H](NCCO)c1ccccc1. The largest absolute Gasteiger partial charge is 0.395 e. The molecule has 13 heavy (non-hydrogen) atoms. The van der Waals surface area contributed by atoms with E-state index in [9.17, 15) is 0 Å². The zero-order chi connectivity index (χ0) is 9.52. The number of rotatable bonds is 5. The van der Waals surface area contributed by atoms with E-state index in [0.29, 0.717) is 12.6 Å². The number of aliphatic hydroxyl groups is 1. The third kappa shape index (κ3) is 3.17. The second kappa shape index (κ2) is 5.73. The van der Waals surface area contributed by atoms with Gasteiger partial charge in [-0.05, 0) is 12.0 Å². The van der Waals surface area contributed by atoms with Crippen molar-refractivity contribution in [3.63, 3.8) is 0 Å². The van der Waals surface area contributed by atoms with Gasteiger partial charge in [-0.15, -0.1) is 0 Å². The summed E-state index contributed by atoms with van der Waals surface area (Å²) in [6.45, 7) is 3.00. The third-order valence-electron chi connectivity index (χ3n) is 2.11. The molecule has 0 heterocycles. The molecule has 0 saturated heterocycles. The van der Waals surface area contributed by atoms with E-state index in [2.05, 4.69) is 24.4 Å². The molecule has 0 bridgehead atoms. The highest BCUT2D eigenvalue weighted by Gasteiger charge is 2.05. The third-order valence-corrected chi connectivity index (χ3v) is 2.11. The van der Waals surface area contributed by atoms with E-state index in [1.165, 1.54) is 5.56 Å². The Labute approximate surface area is 79.6 Å². The molecule has 0 amide bonds. The van der Waals surface area contributed by atoms with E-state index >= 15 is 0 Å². The standard InChI is InChI=1S/C11H17NO/c1-2-11(12-8-9-13)10-6-4-3-5-7-10/h3-7,11-13H,2,8-9H2,1H3/t11-/m0/s1. The lowest BCUT2D eigenvalue weighted by Crippen LogP contribution is -2.23. The van der Waals surface area contributed by atoms with Crippen molar-refractivity contribution in [2.24, 2.45) is 0 Å². The minimum absolute atomic E-state index is 0.198. The molecule has 0 aliphatic rings. The van der Waals surface area contributed by atoms with Gasteiger partial charge in [-0.3, -0.25) is 0 Å². The Kier molecular flexibility index (Phi) is 4.50. The van der Waals surface area contributed by atoms with Crippen LogP contribution in [0, 0.1) is 0 Å². The molecule has 1 rings (SSSR count). The van der Waals surface area contributed by atoms with Crippen LogP contribution < -0.4 is 5.32 Å². The van der Waals surface area contributed by atoms with Gasteiger partial charge in [-0.1, -0.05) is 37.3 Å². The molecule has 2 heteroatoms. The smallest absolute Gasteiger partial charge is 0.0556 e. The van der Waals surface area contributed by atoms with Crippen LogP contribution in [0.1, 0.15) is 24.9 Å². The number of aliphatic hydroxyl groups excluding tert-OH is 1. The normalized spacial score (nSPS) is 12.8. The molecule has 0 aliphatic heterocycles. The summed E-state index contributed by atoms with van der Waals surface area (Å²) in [5, 5.41) is 12.0. The number of hydrogen-bond donors (Lipinski definition) is 2. The summed E-state index contributed by atoms with van der Waals surface area (Å²) in [7, 11) is 0. The summed E-state index contributed by atoms with van der Waals surface area (Å²) in [5.74, 6) is 0. The molecule has 0 unspecified atom stereocenters. The quantitative estimate of drug-likeness (QED) is 0.721. The molecular formula is C11H17NO. The Morgan fingerprint density at radius 3 is 2.54 bits per heavy atom. The molecule has 1 aromatic carbocycles. The average Bonchev–Trinajstić information content (AvgIpc) is 2.21. The molecule has 72 valence electrons. The monoisotopic (exact) mass is 179 g/mol. The predicted molar refractivity (Wildman–Crippen MR) is 54.6 cm³/mol. The maximum Gasteiger partial charge on any atom is 0.0556 e. The van der Waals surface area contributed by atoms with Crippen LogP contribution in [0.15, 0.2) is 30.3 Å². The van der Waals surface area contributed by atoms with Crippen molar-refractivity contribution >= 4 is 0 Å². The fraction of sp³-hybridized carbons (Fsp3) is 0.455. The van der Waals surface area contributed by atoms with Crippen molar-refractivity contribution in [2.75, 3.05) is 13.2 Å². The Morgan fingerprint density at radius 2 is 2.00 bits per heavy atom. The lowest BCUT2D eigenvalue weighted by Gasteiger charge is -2.16. The van der Waals surface area contributed by atoms with Crippen molar-refractivity contribution in [3.05, 3.63) is 35.9 Å². The molecule has 0 aromatic heterocycles. The van der Waals surface area contributed by atoms with Crippen molar-refractivity contribution in [1.82, 2.24) is 5.32 Å². The molecular weight excluding hydrogens is 162 g/mol. The maximum absolute atomic E-state index is 8.70. The Balaban J connectivity index is 2.56. The Bertz CT molecular complexity index is 223. The number of hydrogen-bond acceptors (Lipinski definition) is 2. The predicted octanol–water partition coefficient (Wildman–Crippen LogP) is 1.72. The molecule has 0 saturated carbocycles. The number of nitrogens with one attached hydrogen (secondary N) is 1. The van der Waals surface area contributed by atoms with Gasteiger partial charge in [-0.25, -0.2) is 0 Å². The molecule has 0 aliphatic carbocycles. The van der Waals surface area contributed by atoms with Crippen LogP contribution in [0.2, 0.25) is 0 Å². The van der Waals surface area contributed by atoms with Gasteiger partial charge < -0.3 is 10.4 Å². The lowest BCUT2D eigenvalue weighted by molar-refractivity contribution is 0.283. The summed E-state index contributed by atoms with van der Waals surface area (Å²) in [6, 6.07) is 10.7. The molecule has 0 spiro atoms. The first-order chi connectivity index (χ1) is 6.38. The summed E-state index contributed by atoms with van der Waals surface area (Å²) in [4.78, 5) is 0. The Hall–Kier alpha value is -0.860. The first-order valence-electron chi connectivity index (χ1n) is 4.77. The molecule has 1 atom stereocenters. The fourth-order valence-electron chi connectivity index (χ4n) is 1.42. The van der Waals surface area contributed by atoms with Crippen molar-refractivity contribution in [1.29, 1.82) is 0 Å². The van der Waals surface area contributed by atoms with Crippen LogP contribution in [0.3, 0.4) is 0 Å². The van der Waals surface area contributed by atoms with Gasteiger partial charge in [0, 0.05) is 12.6 Å². The topological polar surface area (TPSA) is 32.3 Å². The maximum atomic E-state index is 8.70. The summed E-state index contributed by atoms with van der Waals surface area (Å²) in [6.07, 6.45) is 1.05. The highest BCUT2D eigenvalue weighted by atomic mass is 16.3. The van der Waals surface area contributed by atoms with E-state index in [4.69, 9.17) is 5.11 Å². The van der Waals surface area contributed by atoms with Crippen LogP contribution in [-0.4, -0.2) is 18.3 Å². The lowest BCUT2D eigenvalue weighted by atomic mass is 10.1. The highest BCUT2D eigenvalue weighted by Crippen LogP contribution is 2.14. The van der Waals surface area contributed by atoms with Crippen molar-refractivity contribution in [2.45, 2.75) is 19.4 Å². The van der Waals surface area contributed by atoms with E-state index in [1.807, 2.05) is 18.2 Å². The van der Waals surface area contributed by atoms with E-state index in [-0.39, 0.29) is 6.61 Å². The van der Waals surface area contributed by atoms with E-state index < -0.39 is 0 Å². The van der Waals surface area contributed by atoms with Gasteiger partial charge in [0.1, 0.15) is 0 Å². The summed E-state index contributed by atoms with van der Waals surface area (Å²) >= 11 is 0. The van der Waals surface area contributed by atoms with Crippen LogP contribution in [0.4, 0.5) is 0 Å². The first kappa shape index (κ1) is 10.2. The highest BCUT2D eigenvalue weighted by molar-refractivity contribution is 5.18. The minimum Gasteiger partial charge on any atom is -0.395 e. The zero-order valence-electron chi connectivity index (χ0n) is 8.03. The molecule has 0 fully saturated rings. The van der Waals surface area contributed by atoms with Crippen LogP contribution in [-0.2, 0) is 0 Å². The van der Waals surface area contributed by atoms with Gasteiger partial charge >= 0.3 is 0 Å². The van der Waals surface area contributed by atoms with Gasteiger partial charge in [0.05, 0.1) is 6.61 Å². The van der Waals surface area contributed by atoms with Crippen LogP contribution in [0.5, 0.6) is 0 Å². The van der Waals surface area contributed by atoms with E-state index in [1.54, 1.807) is 0 Å². The number of benzene rings is 1. The Morgan fingerprint density at radius 1 is 1.31 bits per heavy atom. The fourth-order valence-corrected chi connectivity index (χ4v) is 1.42. The van der Waals surface area contributed by atoms with Gasteiger partial charge in [-0.2, -0.15) is 0 Å². The van der Waals surface area contributed by atoms with Crippen molar-refractivity contribution in [3.8, 4) is 0 Å². The minimum atomic E-state index is 0.198. The average molecular weight is 179 g/mol. The summed E-state index contributed by atoms with van der Waals surface area (Å²) < 4.78 is 0. The van der Waals surface area contributed by atoms with Crippen LogP contribution in [0.25, 0.3) is 0 Å². The zero-order valence-corrected chi connectivity index (χ0v) is 8.03. The second-order valence-electron chi connectivity index (χ2n) is 3.05. The van der Waals surface area contributed by atoms with Crippen molar-refractivity contribution < 1.29 is 5.11 Å². The van der Waals surface area contributed by atoms with Crippen LogP contribution >= 0.6 is 0 Å². The molecule has 0 radical (unpaired) electrons. The first-order valence-corrected chi connectivity index (χ1v) is 4.77.